The summed E-state index contributed by atoms with van der Waals surface area (Å²) in [5.74, 6) is -0.340. The third kappa shape index (κ3) is 3.40. The minimum atomic E-state index is -0.314. The van der Waals surface area contributed by atoms with E-state index in [2.05, 4.69) is 5.32 Å². The van der Waals surface area contributed by atoms with E-state index in [0.29, 0.717) is 15.7 Å². The van der Waals surface area contributed by atoms with Gasteiger partial charge < -0.3 is 10.2 Å². The van der Waals surface area contributed by atoms with E-state index in [-0.39, 0.29) is 17.8 Å². The normalized spacial score (nSPS) is 17.5. The number of likely N-dealkylation sites (tertiary alicyclic amines) is 1. The molecule has 1 fully saturated rings. The number of benzene rings is 2. The topological polar surface area (TPSA) is 32.3 Å². The van der Waals surface area contributed by atoms with Gasteiger partial charge in [-0.15, -0.1) is 0 Å². The molecule has 3 nitrogen and oxygen atoms in total. The van der Waals surface area contributed by atoms with E-state index in [0.717, 1.165) is 18.7 Å². The Balaban J connectivity index is 1.66. The molecule has 0 aliphatic carbocycles. The molecular weight excluding hydrogens is 394 g/mol. The molecule has 1 atom stereocenters. The van der Waals surface area contributed by atoms with Gasteiger partial charge in [0, 0.05) is 28.4 Å². The van der Waals surface area contributed by atoms with E-state index in [1.165, 1.54) is 12.1 Å². The predicted octanol–water partition coefficient (Wildman–Crippen LogP) is 3.76. The number of anilines is 1. The van der Waals surface area contributed by atoms with Crippen LogP contribution in [0.5, 0.6) is 0 Å². The number of amides is 1. The second-order valence-corrected chi connectivity index (χ2v) is 6.53. The monoisotopic (exact) mass is 410 g/mol. The summed E-state index contributed by atoms with van der Waals surface area (Å²) in [4.78, 5) is 14.4. The molecule has 1 saturated heterocycles. The van der Waals surface area contributed by atoms with Gasteiger partial charge in [-0.2, -0.15) is 0 Å². The predicted molar refractivity (Wildman–Crippen MR) is 93.5 cm³/mol. The molecule has 1 aliphatic heterocycles. The summed E-state index contributed by atoms with van der Waals surface area (Å²) in [6.07, 6.45) is 0.915. The molecule has 0 radical (unpaired) electrons. The van der Waals surface area contributed by atoms with E-state index >= 15 is 0 Å². The molecule has 1 N–H and O–H groups in total. The summed E-state index contributed by atoms with van der Waals surface area (Å²) in [5, 5.41) is 3.45. The summed E-state index contributed by atoms with van der Waals surface area (Å²) >= 11 is 2.01. The standard InChI is InChI=1S/C17H16FIN2O/c18-12-6-7-15(16(19)10-12)17(22)21-9-8-14(11-21)20-13-4-2-1-3-5-13/h1-7,10,14,20H,8-9,11H2. The van der Waals surface area contributed by atoms with Crippen LogP contribution >= 0.6 is 22.6 Å². The van der Waals surface area contributed by atoms with Crippen molar-refractivity contribution in [1.82, 2.24) is 4.90 Å². The summed E-state index contributed by atoms with van der Waals surface area (Å²) in [7, 11) is 0. The minimum Gasteiger partial charge on any atom is -0.380 e. The molecule has 3 rings (SSSR count). The van der Waals surface area contributed by atoms with Crippen molar-refractivity contribution in [1.29, 1.82) is 0 Å². The van der Waals surface area contributed by atoms with Crippen molar-refractivity contribution in [3.63, 3.8) is 0 Å². The quantitative estimate of drug-likeness (QED) is 0.782. The van der Waals surface area contributed by atoms with Crippen LogP contribution in [0.15, 0.2) is 48.5 Å². The Morgan fingerprint density at radius 2 is 2.00 bits per heavy atom. The number of nitrogens with zero attached hydrogens (tertiary/aromatic N) is 1. The highest BCUT2D eigenvalue weighted by Crippen LogP contribution is 2.21. The molecule has 1 unspecified atom stereocenters. The molecule has 1 amide bonds. The number of carbonyl (C=O) groups is 1. The molecule has 114 valence electrons. The van der Waals surface area contributed by atoms with Gasteiger partial charge in [0.15, 0.2) is 0 Å². The van der Waals surface area contributed by atoms with E-state index in [1.54, 1.807) is 6.07 Å². The summed E-state index contributed by atoms with van der Waals surface area (Å²) < 4.78 is 13.8. The van der Waals surface area contributed by atoms with Crippen LogP contribution in [-0.2, 0) is 0 Å². The van der Waals surface area contributed by atoms with E-state index in [4.69, 9.17) is 0 Å². The van der Waals surface area contributed by atoms with Gasteiger partial charge in [-0.25, -0.2) is 4.39 Å². The molecular formula is C17H16FIN2O. The summed E-state index contributed by atoms with van der Waals surface area (Å²) in [6, 6.07) is 14.5. The average molecular weight is 410 g/mol. The number of hydrogen-bond donors (Lipinski definition) is 1. The first-order chi connectivity index (χ1) is 10.6. The van der Waals surface area contributed by atoms with Crippen molar-refractivity contribution >= 4 is 34.2 Å². The van der Waals surface area contributed by atoms with Crippen LogP contribution in [-0.4, -0.2) is 29.9 Å². The maximum atomic E-state index is 13.2. The zero-order chi connectivity index (χ0) is 15.5. The number of rotatable bonds is 3. The van der Waals surface area contributed by atoms with Gasteiger partial charge in [0.1, 0.15) is 5.82 Å². The first kappa shape index (κ1) is 15.3. The van der Waals surface area contributed by atoms with E-state index < -0.39 is 0 Å². The fraction of sp³-hybridized carbons (Fsp3) is 0.235. The molecule has 2 aromatic carbocycles. The van der Waals surface area contributed by atoms with E-state index in [9.17, 15) is 9.18 Å². The van der Waals surface area contributed by atoms with Crippen molar-refractivity contribution < 1.29 is 9.18 Å². The Morgan fingerprint density at radius 1 is 1.23 bits per heavy atom. The van der Waals surface area contributed by atoms with Crippen molar-refractivity contribution in [3.8, 4) is 0 Å². The second kappa shape index (κ2) is 6.64. The highest BCUT2D eigenvalue weighted by atomic mass is 127. The lowest BCUT2D eigenvalue weighted by Gasteiger charge is -2.18. The van der Waals surface area contributed by atoms with Gasteiger partial charge in [0.2, 0.25) is 0 Å². The molecule has 0 bridgehead atoms. The Kier molecular flexibility index (Phi) is 4.61. The molecule has 0 aromatic heterocycles. The third-order valence-corrected chi connectivity index (χ3v) is 4.67. The Labute approximate surface area is 142 Å². The second-order valence-electron chi connectivity index (χ2n) is 5.37. The fourth-order valence-electron chi connectivity index (χ4n) is 2.67. The van der Waals surface area contributed by atoms with Gasteiger partial charge in [-0.3, -0.25) is 4.79 Å². The zero-order valence-electron chi connectivity index (χ0n) is 11.9. The highest BCUT2D eigenvalue weighted by molar-refractivity contribution is 14.1. The first-order valence-electron chi connectivity index (χ1n) is 7.19. The van der Waals surface area contributed by atoms with Gasteiger partial charge >= 0.3 is 0 Å². The lowest BCUT2D eigenvalue weighted by molar-refractivity contribution is 0.0790. The Hall–Kier alpha value is -1.63. The lowest BCUT2D eigenvalue weighted by Crippen LogP contribution is -2.32. The third-order valence-electron chi connectivity index (χ3n) is 3.78. The minimum absolute atomic E-state index is 0.0261. The number of halogens is 2. The molecule has 1 heterocycles. The highest BCUT2D eigenvalue weighted by Gasteiger charge is 2.27. The molecule has 0 spiro atoms. The Morgan fingerprint density at radius 3 is 2.73 bits per heavy atom. The van der Waals surface area contributed by atoms with Crippen LogP contribution in [0.25, 0.3) is 0 Å². The van der Waals surface area contributed by atoms with Crippen LogP contribution in [0.4, 0.5) is 10.1 Å². The van der Waals surface area contributed by atoms with Gasteiger partial charge in [0.05, 0.1) is 5.56 Å². The smallest absolute Gasteiger partial charge is 0.255 e. The lowest BCUT2D eigenvalue weighted by atomic mass is 10.2. The number of carbonyl (C=O) groups excluding carboxylic acids is 1. The fourth-order valence-corrected chi connectivity index (χ4v) is 3.37. The van der Waals surface area contributed by atoms with Crippen molar-refractivity contribution in [3.05, 3.63) is 63.5 Å². The van der Waals surface area contributed by atoms with E-state index in [1.807, 2.05) is 57.8 Å². The zero-order valence-corrected chi connectivity index (χ0v) is 14.1. The van der Waals surface area contributed by atoms with Crippen molar-refractivity contribution in [2.45, 2.75) is 12.5 Å². The largest absolute Gasteiger partial charge is 0.380 e. The maximum absolute atomic E-state index is 13.2. The van der Waals surface area contributed by atoms with Gasteiger partial charge in [-0.05, 0) is 59.3 Å². The van der Waals surface area contributed by atoms with Gasteiger partial charge in [0.25, 0.3) is 5.91 Å². The number of nitrogens with one attached hydrogen (secondary N) is 1. The molecule has 22 heavy (non-hydrogen) atoms. The Bertz CT molecular complexity index is 678. The van der Waals surface area contributed by atoms with Crippen LogP contribution < -0.4 is 5.32 Å². The van der Waals surface area contributed by atoms with Gasteiger partial charge in [-0.1, -0.05) is 18.2 Å². The molecule has 0 saturated carbocycles. The van der Waals surface area contributed by atoms with Crippen LogP contribution in [0, 0.1) is 9.39 Å². The molecule has 2 aromatic rings. The number of hydrogen-bond acceptors (Lipinski definition) is 2. The SMILES string of the molecule is O=C(c1ccc(F)cc1I)N1CCC(Nc2ccccc2)C1. The number of para-hydroxylation sites is 1. The van der Waals surface area contributed by atoms with Crippen LogP contribution in [0.1, 0.15) is 16.8 Å². The van der Waals surface area contributed by atoms with Crippen molar-refractivity contribution in [2.75, 3.05) is 18.4 Å². The van der Waals surface area contributed by atoms with Crippen LogP contribution in [0.3, 0.4) is 0 Å². The first-order valence-corrected chi connectivity index (χ1v) is 8.27. The molecule has 5 heteroatoms. The van der Waals surface area contributed by atoms with Crippen molar-refractivity contribution in [2.24, 2.45) is 0 Å². The molecule has 1 aliphatic rings. The maximum Gasteiger partial charge on any atom is 0.255 e. The van der Waals surface area contributed by atoms with Crippen LogP contribution in [0.2, 0.25) is 0 Å². The summed E-state index contributed by atoms with van der Waals surface area (Å²) in [6.45, 7) is 1.39. The average Bonchev–Trinajstić information content (AvgIpc) is 2.96. The summed E-state index contributed by atoms with van der Waals surface area (Å²) in [5.41, 5.74) is 1.64.